The molecule has 6 nitrogen and oxygen atoms in total. The molecule has 1 aromatic carbocycles. The van der Waals surface area contributed by atoms with Crippen LogP contribution in [0.25, 0.3) is 0 Å². The average molecular weight is 263 g/mol. The lowest BCUT2D eigenvalue weighted by Crippen LogP contribution is -2.35. The molecular formula is C13H17N3O3. The fraction of sp³-hybridized carbons (Fsp3) is 0.385. The van der Waals surface area contributed by atoms with Crippen molar-refractivity contribution in [2.75, 3.05) is 23.7 Å². The molecule has 0 radical (unpaired) electrons. The highest BCUT2D eigenvalue weighted by molar-refractivity contribution is 5.97. The minimum atomic E-state index is -1.03. The van der Waals surface area contributed by atoms with E-state index < -0.39 is 5.97 Å². The van der Waals surface area contributed by atoms with E-state index in [2.05, 4.69) is 5.32 Å². The van der Waals surface area contributed by atoms with Gasteiger partial charge in [-0.3, -0.25) is 4.79 Å². The first kappa shape index (κ1) is 13.2. The minimum Gasteiger partial charge on any atom is -0.478 e. The summed E-state index contributed by atoms with van der Waals surface area (Å²) in [5, 5.41) is 11.9. The van der Waals surface area contributed by atoms with Gasteiger partial charge < -0.3 is 21.1 Å². The number of aromatic carboxylic acids is 1. The van der Waals surface area contributed by atoms with Gasteiger partial charge in [-0.1, -0.05) is 6.07 Å². The summed E-state index contributed by atoms with van der Waals surface area (Å²) >= 11 is 0. The van der Waals surface area contributed by atoms with Crippen LogP contribution in [0.3, 0.4) is 0 Å². The molecule has 0 saturated carbocycles. The monoisotopic (exact) mass is 263 g/mol. The van der Waals surface area contributed by atoms with Crippen molar-refractivity contribution < 1.29 is 14.7 Å². The Morgan fingerprint density at radius 2 is 2.21 bits per heavy atom. The van der Waals surface area contributed by atoms with Crippen LogP contribution in [0.15, 0.2) is 18.2 Å². The molecule has 2 rings (SSSR count). The second kappa shape index (κ2) is 5.17. The molecule has 19 heavy (non-hydrogen) atoms. The third-order valence-corrected chi connectivity index (χ3v) is 3.25. The third-order valence-electron chi connectivity index (χ3n) is 3.25. The van der Waals surface area contributed by atoms with E-state index >= 15 is 0 Å². The quantitative estimate of drug-likeness (QED) is 0.697. The largest absolute Gasteiger partial charge is 0.478 e. The maximum atomic E-state index is 11.0. The molecular weight excluding hydrogens is 246 g/mol. The van der Waals surface area contributed by atoms with Crippen molar-refractivity contribution in [3.8, 4) is 0 Å². The number of nitrogens with one attached hydrogen (secondary N) is 1. The standard InChI is InChI=1S/C13H17N3O3/c1-8(17)15-9-5-6-16(7-9)11-4-2-3-10(12(11)14)13(18)19/h2-4,9H,5-7,14H2,1H3,(H,15,17)(H,18,19). The summed E-state index contributed by atoms with van der Waals surface area (Å²) in [4.78, 5) is 24.1. The molecule has 1 saturated heterocycles. The van der Waals surface area contributed by atoms with Gasteiger partial charge in [0.05, 0.1) is 16.9 Å². The molecule has 0 bridgehead atoms. The second-order valence-corrected chi connectivity index (χ2v) is 4.68. The molecule has 1 unspecified atom stereocenters. The predicted molar refractivity (Wildman–Crippen MR) is 72.2 cm³/mol. The molecule has 1 aromatic rings. The van der Waals surface area contributed by atoms with Gasteiger partial charge in [0.25, 0.3) is 0 Å². The summed E-state index contributed by atoms with van der Waals surface area (Å²) in [7, 11) is 0. The van der Waals surface area contributed by atoms with E-state index in [0.717, 1.165) is 13.0 Å². The molecule has 1 amide bonds. The SMILES string of the molecule is CC(=O)NC1CCN(c2cccc(C(=O)O)c2N)C1. The first-order valence-corrected chi connectivity index (χ1v) is 6.13. The van der Waals surface area contributed by atoms with Gasteiger partial charge in [-0.25, -0.2) is 4.79 Å². The van der Waals surface area contributed by atoms with Crippen LogP contribution in [-0.4, -0.2) is 36.1 Å². The Kier molecular flexibility index (Phi) is 3.59. The lowest BCUT2D eigenvalue weighted by Gasteiger charge is -2.21. The van der Waals surface area contributed by atoms with E-state index in [-0.39, 0.29) is 23.2 Å². The third kappa shape index (κ3) is 2.78. The highest BCUT2D eigenvalue weighted by Gasteiger charge is 2.25. The Morgan fingerprint density at radius 1 is 1.47 bits per heavy atom. The van der Waals surface area contributed by atoms with Gasteiger partial charge in [-0.2, -0.15) is 0 Å². The summed E-state index contributed by atoms with van der Waals surface area (Å²) in [6.07, 6.45) is 0.830. The average Bonchev–Trinajstić information content (AvgIpc) is 2.76. The van der Waals surface area contributed by atoms with Gasteiger partial charge in [-0.05, 0) is 18.6 Å². The number of carbonyl (C=O) groups excluding carboxylic acids is 1. The molecule has 1 aliphatic rings. The molecule has 4 N–H and O–H groups in total. The van der Waals surface area contributed by atoms with E-state index in [0.29, 0.717) is 12.2 Å². The van der Waals surface area contributed by atoms with Crippen LogP contribution < -0.4 is 16.0 Å². The van der Waals surface area contributed by atoms with Crippen LogP contribution >= 0.6 is 0 Å². The number of rotatable bonds is 3. The summed E-state index contributed by atoms with van der Waals surface area (Å²) in [5.74, 6) is -1.09. The highest BCUT2D eigenvalue weighted by atomic mass is 16.4. The van der Waals surface area contributed by atoms with E-state index in [1.165, 1.54) is 13.0 Å². The van der Waals surface area contributed by atoms with E-state index in [1.807, 2.05) is 4.90 Å². The number of nitrogen functional groups attached to an aromatic ring is 1. The van der Waals surface area contributed by atoms with Crippen molar-refractivity contribution in [3.05, 3.63) is 23.8 Å². The topological polar surface area (TPSA) is 95.7 Å². The van der Waals surface area contributed by atoms with Crippen LogP contribution in [0.4, 0.5) is 11.4 Å². The van der Waals surface area contributed by atoms with Crippen molar-refractivity contribution in [2.24, 2.45) is 0 Å². The maximum absolute atomic E-state index is 11.0. The number of amides is 1. The first-order chi connectivity index (χ1) is 8.99. The van der Waals surface area contributed by atoms with E-state index in [9.17, 15) is 9.59 Å². The zero-order valence-electron chi connectivity index (χ0n) is 10.7. The molecule has 102 valence electrons. The van der Waals surface area contributed by atoms with Crippen LogP contribution in [0.1, 0.15) is 23.7 Å². The Balaban J connectivity index is 2.18. The predicted octanol–water partition coefficient (Wildman–Crippen LogP) is 0.682. The molecule has 1 heterocycles. The van der Waals surface area contributed by atoms with Crippen molar-refractivity contribution in [1.29, 1.82) is 0 Å². The number of carboxylic acids is 1. The number of carboxylic acid groups (broad SMARTS) is 1. The lowest BCUT2D eigenvalue weighted by molar-refractivity contribution is -0.119. The smallest absolute Gasteiger partial charge is 0.337 e. The normalized spacial score (nSPS) is 18.4. The molecule has 1 fully saturated rings. The molecule has 6 heteroatoms. The van der Waals surface area contributed by atoms with Crippen molar-refractivity contribution in [2.45, 2.75) is 19.4 Å². The van der Waals surface area contributed by atoms with E-state index in [1.54, 1.807) is 12.1 Å². The lowest BCUT2D eigenvalue weighted by atomic mass is 10.1. The number of hydrogen-bond donors (Lipinski definition) is 3. The van der Waals surface area contributed by atoms with Gasteiger partial charge in [-0.15, -0.1) is 0 Å². The Hall–Kier alpha value is -2.24. The van der Waals surface area contributed by atoms with Crippen LogP contribution in [-0.2, 0) is 4.79 Å². The van der Waals surface area contributed by atoms with Crippen LogP contribution in [0, 0.1) is 0 Å². The number of hydrogen-bond acceptors (Lipinski definition) is 4. The van der Waals surface area contributed by atoms with Crippen molar-refractivity contribution in [1.82, 2.24) is 5.32 Å². The van der Waals surface area contributed by atoms with E-state index in [4.69, 9.17) is 10.8 Å². The van der Waals surface area contributed by atoms with Gasteiger partial charge in [0.1, 0.15) is 0 Å². The first-order valence-electron chi connectivity index (χ1n) is 6.13. The Labute approximate surface area is 111 Å². The van der Waals surface area contributed by atoms with Gasteiger partial charge in [0, 0.05) is 26.1 Å². The molecule has 1 atom stereocenters. The van der Waals surface area contributed by atoms with Gasteiger partial charge in [0.15, 0.2) is 0 Å². The number of nitrogens with two attached hydrogens (primary N) is 1. The summed E-state index contributed by atoms with van der Waals surface area (Å²) in [5.41, 5.74) is 7.00. The number of para-hydroxylation sites is 1. The molecule has 0 aromatic heterocycles. The highest BCUT2D eigenvalue weighted by Crippen LogP contribution is 2.29. The second-order valence-electron chi connectivity index (χ2n) is 4.68. The zero-order valence-corrected chi connectivity index (χ0v) is 10.7. The zero-order chi connectivity index (χ0) is 14.0. The minimum absolute atomic E-state index is 0.0564. The Bertz CT molecular complexity index is 516. The van der Waals surface area contributed by atoms with Crippen LogP contribution in [0.2, 0.25) is 0 Å². The van der Waals surface area contributed by atoms with Crippen molar-refractivity contribution >= 4 is 23.3 Å². The maximum Gasteiger partial charge on any atom is 0.337 e. The fourth-order valence-electron chi connectivity index (χ4n) is 2.40. The number of carbonyl (C=O) groups is 2. The molecule has 0 aliphatic carbocycles. The molecule has 1 aliphatic heterocycles. The van der Waals surface area contributed by atoms with Crippen LogP contribution in [0.5, 0.6) is 0 Å². The fourth-order valence-corrected chi connectivity index (χ4v) is 2.40. The van der Waals surface area contributed by atoms with Crippen molar-refractivity contribution in [3.63, 3.8) is 0 Å². The molecule has 0 spiro atoms. The number of anilines is 2. The number of benzene rings is 1. The summed E-state index contributed by atoms with van der Waals surface area (Å²) < 4.78 is 0. The van der Waals surface area contributed by atoms with Gasteiger partial charge in [0.2, 0.25) is 5.91 Å². The Morgan fingerprint density at radius 3 is 2.84 bits per heavy atom. The summed E-state index contributed by atoms with van der Waals surface area (Å²) in [6.45, 7) is 2.88. The van der Waals surface area contributed by atoms with Gasteiger partial charge >= 0.3 is 5.97 Å². The number of nitrogens with zero attached hydrogens (tertiary/aromatic N) is 1. The summed E-state index contributed by atoms with van der Waals surface area (Å²) in [6, 6.07) is 5.06.